The van der Waals surface area contributed by atoms with E-state index in [1.165, 1.54) is 0 Å². The number of halogens is 3. The highest BCUT2D eigenvalue weighted by molar-refractivity contribution is 5.99. The molecule has 0 aliphatic carbocycles. The molecule has 2 atom stereocenters. The Bertz CT molecular complexity index is 937. The number of hydrogen-bond acceptors (Lipinski definition) is 5. The van der Waals surface area contributed by atoms with Crippen LogP contribution < -0.4 is 0 Å². The van der Waals surface area contributed by atoms with Crippen LogP contribution in [0.2, 0.25) is 0 Å². The van der Waals surface area contributed by atoms with Crippen molar-refractivity contribution in [3.63, 3.8) is 0 Å². The Morgan fingerprint density at radius 2 is 1.77 bits per heavy atom. The summed E-state index contributed by atoms with van der Waals surface area (Å²) in [5.41, 5.74) is -0.573. The molecular formula is C22H21F3N2O4. The number of piperidine rings is 1. The van der Waals surface area contributed by atoms with E-state index in [0.717, 1.165) is 24.0 Å². The number of ketones is 1. The van der Waals surface area contributed by atoms with E-state index in [9.17, 15) is 22.8 Å². The first kappa shape index (κ1) is 21.3. The molecule has 2 aliphatic rings. The second-order valence-electron chi connectivity index (χ2n) is 7.74. The molecule has 2 saturated heterocycles. The van der Waals surface area contributed by atoms with Gasteiger partial charge in [-0.3, -0.25) is 14.7 Å². The second-order valence-corrected chi connectivity index (χ2v) is 7.74. The van der Waals surface area contributed by atoms with Gasteiger partial charge < -0.3 is 9.47 Å². The Hall–Kier alpha value is -2.94. The largest absolute Gasteiger partial charge is 0.445 e. The van der Waals surface area contributed by atoms with Crippen LogP contribution in [0.4, 0.5) is 18.0 Å². The summed E-state index contributed by atoms with van der Waals surface area (Å²) >= 11 is 0. The average Bonchev–Trinajstić information content (AvgIpc) is 2.76. The number of carbonyl (C=O) groups excluding carboxylic acids is 2. The van der Waals surface area contributed by atoms with Gasteiger partial charge in [0.1, 0.15) is 6.61 Å². The van der Waals surface area contributed by atoms with E-state index < -0.39 is 47.2 Å². The minimum absolute atomic E-state index is 0.115. The molecule has 31 heavy (non-hydrogen) atoms. The van der Waals surface area contributed by atoms with E-state index >= 15 is 0 Å². The molecule has 2 bridgehead atoms. The van der Waals surface area contributed by atoms with Crippen molar-refractivity contribution in [2.24, 2.45) is 5.92 Å². The van der Waals surface area contributed by atoms with Gasteiger partial charge in [0, 0.05) is 23.9 Å². The summed E-state index contributed by atoms with van der Waals surface area (Å²) in [6.07, 6.45) is -2.74. The lowest BCUT2D eigenvalue weighted by molar-refractivity contribution is -0.138. The highest BCUT2D eigenvalue weighted by Crippen LogP contribution is 2.37. The number of morpholine rings is 1. The molecule has 0 spiro atoms. The van der Waals surface area contributed by atoms with Crippen LogP contribution in [0.25, 0.3) is 0 Å². The first-order valence-electron chi connectivity index (χ1n) is 9.96. The third-order valence-corrected chi connectivity index (χ3v) is 5.70. The molecule has 2 aromatic rings. The van der Waals surface area contributed by atoms with Crippen LogP contribution >= 0.6 is 0 Å². The maximum absolute atomic E-state index is 13.3. The van der Waals surface area contributed by atoms with Crippen LogP contribution in [0.15, 0.2) is 48.8 Å². The number of benzene rings is 1. The molecule has 9 heteroatoms. The van der Waals surface area contributed by atoms with E-state index in [2.05, 4.69) is 4.98 Å². The first-order valence-corrected chi connectivity index (χ1v) is 9.96. The van der Waals surface area contributed by atoms with E-state index in [4.69, 9.17) is 9.47 Å². The van der Waals surface area contributed by atoms with Gasteiger partial charge in [-0.2, -0.15) is 13.2 Å². The number of fused-ring (bicyclic) bond motifs is 2. The fourth-order valence-corrected chi connectivity index (χ4v) is 4.28. The zero-order valence-corrected chi connectivity index (χ0v) is 16.5. The molecule has 164 valence electrons. The number of aromatic nitrogens is 1. The number of pyridine rings is 1. The molecule has 0 radical (unpaired) electrons. The Labute approximate surface area is 177 Å². The van der Waals surface area contributed by atoms with Gasteiger partial charge in [-0.15, -0.1) is 0 Å². The summed E-state index contributed by atoms with van der Waals surface area (Å²) in [7, 11) is 0. The lowest BCUT2D eigenvalue weighted by Crippen LogP contribution is -2.60. The molecule has 1 amide bonds. The molecule has 0 N–H and O–H groups in total. The molecular weight excluding hydrogens is 413 g/mol. The van der Waals surface area contributed by atoms with Crippen LogP contribution in [0.3, 0.4) is 0 Å². The number of nitrogens with zero attached hydrogens (tertiary/aromatic N) is 2. The van der Waals surface area contributed by atoms with Crippen LogP contribution in [0.1, 0.15) is 34.3 Å². The third-order valence-electron chi connectivity index (χ3n) is 5.70. The Morgan fingerprint density at radius 3 is 2.42 bits per heavy atom. The number of ether oxygens (including phenoxy) is 2. The highest BCUT2D eigenvalue weighted by atomic mass is 19.4. The van der Waals surface area contributed by atoms with Crippen molar-refractivity contribution >= 4 is 11.9 Å². The van der Waals surface area contributed by atoms with Gasteiger partial charge in [0.15, 0.2) is 5.78 Å². The Kier molecular flexibility index (Phi) is 5.95. The highest BCUT2D eigenvalue weighted by Gasteiger charge is 2.46. The molecule has 3 heterocycles. The van der Waals surface area contributed by atoms with E-state index in [0.29, 0.717) is 0 Å². The quantitative estimate of drug-likeness (QED) is 0.678. The number of hydrogen-bond donors (Lipinski definition) is 0. The zero-order chi connectivity index (χ0) is 22.0. The average molecular weight is 434 g/mol. The SMILES string of the molecule is O=C(c1cnccc1C(F)(F)F)C1CC2COCC(C1)N2C(=O)OCc1ccccc1. The zero-order valence-electron chi connectivity index (χ0n) is 16.5. The fourth-order valence-electron chi connectivity index (χ4n) is 4.28. The number of rotatable bonds is 4. The van der Waals surface area contributed by atoms with Crippen molar-refractivity contribution in [1.82, 2.24) is 9.88 Å². The van der Waals surface area contributed by atoms with Crippen LogP contribution in [-0.2, 0) is 22.3 Å². The van der Waals surface area contributed by atoms with Gasteiger partial charge in [-0.25, -0.2) is 4.79 Å². The Balaban J connectivity index is 1.47. The van der Waals surface area contributed by atoms with Crippen molar-refractivity contribution in [3.05, 3.63) is 65.5 Å². The van der Waals surface area contributed by atoms with E-state index in [-0.39, 0.29) is 32.7 Å². The number of alkyl halides is 3. The summed E-state index contributed by atoms with van der Waals surface area (Å²) in [5.74, 6) is -1.25. The maximum atomic E-state index is 13.3. The van der Waals surface area contributed by atoms with Crippen molar-refractivity contribution in [3.8, 4) is 0 Å². The van der Waals surface area contributed by atoms with Crippen molar-refractivity contribution in [2.75, 3.05) is 13.2 Å². The van der Waals surface area contributed by atoms with Crippen LogP contribution in [0.5, 0.6) is 0 Å². The monoisotopic (exact) mass is 434 g/mol. The molecule has 2 aliphatic heterocycles. The summed E-state index contributed by atoms with van der Waals surface area (Å²) < 4.78 is 51.0. The van der Waals surface area contributed by atoms with E-state index in [1.54, 1.807) is 4.90 Å². The minimum atomic E-state index is -4.64. The van der Waals surface area contributed by atoms with Crippen molar-refractivity contribution < 1.29 is 32.2 Å². The molecule has 6 nitrogen and oxygen atoms in total. The number of Topliss-reactive ketones (excluding diaryl/α,β-unsaturated/α-hetero) is 1. The Morgan fingerprint density at radius 1 is 1.10 bits per heavy atom. The summed E-state index contributed by atoms with van der Waals surface area (Å²) in [6, 6.07) is 9.18. The van der Waals surface area contributed by atoms with Gasteiger partial charge in [0.05, 0.1) is 30.9 Å². The van der Waals surface area contributed by atoms with Gasteiger partial charge in [0.2, 0.25) is 0 Å². The van der Waals surface area contributed by atoms with Crippen LogP contribution in [-0.4, -0.2) is 47.1 Å². The fraction of sp³-hybridized carbons (Fsp3) is 0.409. The van der Waals surface area contributed by atoms with Gasteiger partial charge in [0.25, 0.3) is 0 Å². The maximum Gasteiger partial charge on any atom is 0.417 e. The van der Waals surface area contributed by atoms with Gasteiger partial charge in [-0.1, -0.05) is 30.3 Å². The molecule has 2 fully saturated rings. The normalized spacial score (nSPS) is 23.3. The standard InChI is InChI=1S/C22H21F3N2O4/c23-22(24,25)19-6-7-26-10-18(19)20(28)15-8-16-12-30-13-17(9-15)27(16)21(29)31-11-14-4-2-1-3-5-14/h1-7,10,15-17H,8-9,11-13H2. The lowest BCUT2D eigenvalue weighted by atomic mass is 9.80. The minimum Gasteiger partial charge on any atom is -0.445 e. The molecule has 2 unspecified atom stereocenters. The molecule has 0 saturated carbocycles. The van der Waals surface area contributed by atoms with Gasteiger partial charge in [-0.05, 0) is 24.5 Å². The van der Waals surface area contributed by atoms with Crippen LogP contribution in [0, 0.1) is 5.92 Å². The first-order chi connectivity index (χ1) is 14.8. The summed E-state index contributed by atoms with van der Waals surface area (Å²) in [4.78, 5) is 31.0. The summed E-state index contributed by atoms with van der Waals surface area (Å²) in [5, 5.41) is 0. The molecule has 4 rings (SSSR count). The van der Waals surface area contributed by atoms with Gasteiger partial charge >= 0.3 is 12.3 Å². The lowest BCUT2D eigenvalue weighted by Gasteiger charge is -2.47. The molecule has 1 aromatic heterocycles. The smallest absolute Gasteiger partial charge is 0.417 e. The number of carbonyl (C=O) groups is 2. The summed E-state index contributed by atoms with van der Waals surface area (Å²) in [6.45, 7) is 0.531. The van der Waals surface area contributed by atoms with Crippen molar-refractivity contribution in [1.29, 1.82) is 0 Å². The topological polar surface area (TPSA) is 68.7 Å². The van der Waals surface area contributed by atoms with Crippen molar-refractivity contribution in [2.45, 2.75) is 37.7 Å². The third kappa shape index (κ3) is 4.56. The predicted octanol–water partition coefficient (Wildman–Crippen LogP) is 4.10. The molecule has 1 aromatic carbocycles. The number of amides is 1. The second kappa shape index (κ2) is 8.66. The van der Waals surface area contributed by atoms with E-state index in [1.807, 2.05) is 30.3 Å². The predicted molar refractivity (Wildman–Crippen MR) is 103 cm³/mol.